The number of sulfonamides is 1. The SMILES string of the molecule is O=C(O)C(c1cccnc1)N1CCCC(NS(=O)(=O)c2cccc(F)c2)C1. The second-order valence-electron chi connectivity index (χ2n) is 6.44. The third-order valence-electron chi connectivity index (χ3n) is 4.48. The van der Waals surface area contributed by atoms with Gasteiger partial charge in [-0.3, -0.25) is 14.7 Å². The van der Waals surface area contributed by atoms with Crippen molar-refractivity contribution in [3.63, 3.8) is 0 Å². The number of carboxylic acid groups (broad SMARTS) is 1. The Morgan fingerprint density at radius 1 is 1.33 bits per heavy atom. The molecule has 1 aliphatic rings. The lowest BCUT2D eigenvalue weighted by molar-refractivity contribution is -0.144. The number of halogens is 1. The summed E-state index contributed by atoms with van der Waals surface area (Å²) in [6, 6.07) is 6.77. The van der Waals surface area contributed by atoms with Crippen LogP contribution in [0.5, 0.6) is 0 Å². The molecule has 0 amide bonds. The molecule has 2 unspecified atom stereocenters. The van der Waals surface area contributed by atoms with E-state index in [0.29, 0.717) is 24.9 Å². The van der Waals surface area contributed by atoms with Crippen molar-refractivity contribution in [3.8, 4) is 0 Å². The lowest BCUT2D eigenvalue weighted by Gasteiger charge is -2.36. The Morgan fingerprint density at radius 2 is 2.15 bits per heavy atom. The van der Waals surface area contributed by atoms with Gasteiger partial charge in [-0.25, -0.2) is 17.5 Å². The third kappa shape index (κ3) is 4.68. The molecule has 1 fully saturated rings. The van der Waals surface area contributed by atoms with Gasteiger partial charge in [-0.1, -0.05) is 12.1 Å². The number of pyridine rings is 1. The van der Waals surface area contributed by atoms with Crippen LogP contribution < -0.4 is 4.72 Å². The van der Waals surface area contributed by atoms with Crippen LogP contribution in [0.4, 0.5) is 4.39 Å². The molecular weight excluding hydrogens is 373 g/mol. The van der Waals surface area contributed by atoms with E-state index < -0.39 is 33.9 Å². The molecule has 1 aromatic heterocycles. The zero-order valence-electron chi connectivity index (χ0n) is 14.5. The minimum Gasteiger partial charge on any atom is -0.480 e. The molecule has 2 N–H and O–H groups in total. The summed E-state index contributed by atoms with van der Waals surface area (Å²) in [4.78, 5) is 17.3. The quantitative estimate of drug-likeness (QED) is 0.776. The van der Waals surface area contributed by atoms with Gasteiger partial charge < -0.3 is 5.11 Å². The summed E-state index contributed by atoms with van der Waals surface area (Å²) in [6.07, 6.45) is 4.28. The van der Waals surface area contributed by atoms with Crippen LogP contribution in [0.3, 0.4) is 0 Å². The second-order valence-corrected chi connectivity index (χ2v) is 8.15. The minimum atomic E-state index is -3.89. The molecule has 0 bridgehead atoms. The number of piperidine rings is 1. The van der Waals surface area contributed by atoms with E-state index in [9.17, 15) is 22.7 Å². The molecule has 1 aromatic carbocycles. The lowest BCUT2D eigenvalue weighted by atomic mass is 10.0. The van der Waals surface area contributed by atoms with E-state index >= 15 is 0 Å². The Balaban J connectivity index is 1.76. The van der Waals surface area contributed by atoms with E-state index in [2.05, 4.69) is 9.71 Å². The van der Waals surface area contributed by atoms with Gasteiger partial charge in [-0.15, -0.1) is 0 Å². The Hall–Kier alpha value is -2.36. The maximum Gasteiger partial charge on any atom is 0.325 e. The van der Waals surface area contributed by atoms with E-state index in [0.717, 1.165) is 6.07 Å². The Morgan fingerprint density at radius 3 is 2.81 bits per heavy atom. The number of hydrogen-bond acceptors (Lipinski definition) is 5. The lowest BCUT2D eigenvalue weighted by Crippen LogP contribution is -2.50. The highest BCUT2D eigenvalue weighted by Gasteiger charge is 2.33. The van der Waals surface area contributed by atoms with Crippen molar-refractivity contribution >= 4 is 16.0 Å². The van der Waals surface area contributed by atoms with Crippen LogP contribution in [0.1, 0.15) is 24.4 Å². The van der Waals surface area contributed by atoms with Crippen molar-refractivity contribution in [1.82, 2.24) is 14.6 Å². The zero-order chi connectivity index (χ0) is 19.4. The average Bonchev–Trinajstić information content (AvgIpc) is 2.62. The van der Waals surface area contributed by atoms with E-state index in [-0.39, 0.29) is 11.4 Å². The van der Waals surface area contributed by atoms with Gasteiger partial charge in [0, 0.05) is 25.0 Å². The highest BCUT2D eigenvalue weighted by molar-refractivity contribution is 7.89. The van der Waals surface area contributed by atoms with Gasteiger partial charge in [0.15, 0.2) is 0 Å². The van der Waals surface area contributed by atoms with E-state index in [1.165, 1.54) is 24.4 Å². The summed E-state index contributed by atoms with van der Waals surface area (Å²) >= 11 is 0. The first-order chi connectivity index (χ1) is 12.9. The summed E-state index contributed by atoms with van der Waals surface area (Å²) in [5.74, 6) is -1.65. The van der Waals surface area contributed by atoms with E-state index in [1.54, 1.807) is 23.2 Å². The number of nitrogens with one attached hydrogen (secondary N) is 1. The fourth-order valence-corrected chi connectivity index (χ4v) is 4.60. The van der Waals surface area contributed by atoms with Crippen LogP contribution >= 0.6 is 0 Å². The molecule has 0 aliphatic carbocycles. The van der Waals surface area contributed by atoms with Gasteiger partial charge in [-0.05, 0) is 49.2 Å². The molecule has 144 valence electrons. The molecule has 0 spiro atoms. The first-order valence-electron chi connectivity index (χ1n) is 8.51. The monoisotopic (exact) mass is 393 g/mol. The predicted molar refractivity (Wildman–Crippen MR) is 95.9 cm³/mol. The van der Waals surface area contributed by atoms with Crippen molar-refractivity contribution in [3.05, 3.63) is 60.2 Å². The first kappa shape index (κ1) is 19.4. The second kappa shape index (κ2) is 8.12. The zero-order valence-corrected chi connectivity index (χ0v) is 15.3. The van der Waals surface area contributed by atoms with Gasteiger partial charge in [0.2, 0.25) is 10.0 Å². The molecule has 3 rings (SSSR count). The van der Waals surface area contributed by atoms with Crippen LogP contribution in [0.25, 0.3) is 0 Å². The van der Waals surface area contributed by atoms with Gasteiger partial charge in [0.05, 0.1) is 4.90 Å². The largest absolute Gasteiger partial charge is 0.480 e. The number of benzene rings is 1. The molecular formula is C18H20FN3O4S. The molecule has 9 heteroatoms. The summed E-state index contributed by atoms with van der Waals surface area (Å²) in [5.41, 5.74) is 0.540. The van der Waals surface area contributed by atoms with Gasteiger partial charge in [-0.2, -0.15) is 0 Å². The smallest absolute Gasteiger partial charge is 0.325 e. The van der Waals surface area contributed by atoms with Crippen LogP contribution in [-0.2, 0) is 14.8 Å². The van der Waals surface area contributed by atoms with Gasteiger partial charge >= 0.3 is 5.97 Å². The fourth-order valence-electron chi connectivity index (χ4n) is 3.31. The van der Waals surface area contributed by atoms with Crippen LogP contribution in [0, 0.1) is 5.82 Å². The van der Waals surface area contributed by atoms with Crippen LogP contribution in [0.2, 0.25) is 0 Å². The number of carboxylic acids is 1. The molecule has 2 atom stereocenters. The van der Waals surface area contributed by atoms with Crippen molar-refractivity contribution in [1.29, 1.82) is 0 Å². The van der Waals surface area contributed by atoms with Gasteiger partial charge in [0.25, 0.3) is 0 Å². The molecule has 27 heavy (non-hydrogen) atoms. The number of nitrogens with zero attached hydrogens (tertiary/aromatic N) is 2. The first-order valence-corrected chi connectivity index (χ1v) is 10.00. The Bertz CT molecular complexity index is 908. The van der Waals surface area contributed by atoms with E-state index in [4.69, 9.17) is 0 Å². The number of hydrogen-bond donors (Lipinski definition) is 2. The number of aromatic nitrogens is 1. The number of likely N-dealkylation sites (tertiary alicyclic amines) is 1. The summed E-state index contributed by atoms with van der Waals surface area (Å²) in [5, 5.41) is 9.66. The van der Waals surface area contributed by atoms with Gasteiger partial charge in [0.1, 0.15) is 11.9 Å². The average molecular weight is 393 g/mol. The molecule has 7 nitrogen and oxygen atoms in total. The normalized spacial score (nSPS) is 19.5. The summed E-state index contributed by atoms with van der Waals surface area (Å²) < 4.78 is 40.9. The minimum absolute atomic E-state index is 0.151. The molecule has 1 saturated heterocycles. The maximum absolute atomic E-state index is 13.3. The number of rotatable bonds is 6. The highest BCUT2D eigenvalue weighted by atomic mass is 32.2. The molecule has 0 radical (unpaired) electrons. The van der Waals surface area contributed by atoms with Crippen molar-refractivity contribution in [2.24, 2.45) is 0 Å². The number of aliphatic carboxylic acids is 1. The fraction of sp³-hybridized carbons (Fsp3) is 0.333. The van der Waals surface area contributed by atoms with E-state index in [1.807, 2.05) is 0 Å². The summed E-state index contributed by atoms with van der Waals surface area (Å²) in [7, 11) is -3.89. The van der Waals surface area contributed by atoms with Crippen molar-refractivity contribution in [2.75, 3.05) is 13.1 Å². The van der Waals surface area contributed by atoms with Crippen LogP contribution in [-0.4, -0.2) is 48.5 Å². The highest BCUT2D eigenvalue weighted by Crippen LogP contribution is 2.25. The molecule has 1 aliphatic heterocycles. The summed E-state index contributed by atoms with van der Waals surface area (Å²) in [6.45, 7) is 0.768. The maximum atomic E-state index is 13.3. The number of carbonyl (C=O) groups is 1. The molecule has 0 saturated carbocycles. The van der Waals surface area contributed by atoms with Crippen molar-refractivity contribution in [2.45, 2.75) is 29.8 Å². The third-order valence-corrected chi connectivity index (χ3v) is 6.00. The predicted octanol–water partition coefficient (Wildman–Crippen LogP) is 1.79. The van der Waals surface area contributed by atoms with Crippen molar-refractivity contribution < 1.29 is 22.7 Å². The van der Waals surface area contributed by atoms with Crippen LogP contribution in [0.15, 0.2) is 53.7 Å². The standard InChI is InChI=1S/C18H20FN3O4S/c19-14-5-1-7-16(10-14)27(25,26)21-15-6-3-9-22(12-15)17(18(23)24)13-4-2-8-20-11-13/h1-2,4-5,7-8,10-11,15,17,21H,3,6,9,12H2,(H,23,24). The molecule has 2 aromatic rings. The Labute approximate surface area is 156 Å². The Kier molecular flexibility index (Phi) is 5.83. The molecule has 2 heterocycles. The topological polar surface area (TPSA) is 99.6 Å².